The van der Waals surface area contributed by atoms with Gasteiger partial charge in [-0.15, -0.1) is 0 Å². The van der Waals surface area contributed by atoms with E-state index in [0.717, 1.165) is 114 Å². The molecule has 1 aliphatic rings. The molecule has 140 heavy (non-hydrogen) atoms. The van der Waals surface area contributed by atoms with E-state index in [1.807, 2.05) is 255 Å². The van der Waals surface area contributed by atoms with Gasteiger partial charge in [0.05, 0.1) is 117 Å². The summed E-state index contributed by atoms with van der Waals surface area (Å²) in [4.78, 5) is 4.26. The van der Waals surface area contributed by atoms with Crippen LogP contribution in [0.4, 0.5) is 0 Å². The molecule has 1 aliphatic carbocycles. The highest BCUT2D eigenvalue weighted by atomic mass is 31.2. The minimum Gasteiger partial charge on any atom is -0.424 e. The molecule has 11 aromatic rings. The predicted octanol–water partition coefficient (Wildman–Crippen LogP) is 31.8. The maximum atomic E-state index is 13.7. The average molecular weight is 2060 g/mol. The van der Waals surface area contributed by atoms with Gasteiger partial charge in [-0.2, -0.15) is 0 Å². The predicted molar refractivity (Wildman–Crippen MR) is 578 cm³/mol. The Kier molecular flexibility index (Phi) is 53.6. The van der Waals surface area contributed by atoms with E-state index < -0.39 is 53.2 Å². The number of aromatic nitrogens is 1. The second-order valence-electron chi connectivity index (χ2n) is 35.7. The van der Waals surface area contributed by atoms with Crippen LogP contribution in [0.25, 0.3) is 10.9 Å². The van der Waals surface area contributed by atoms with E-state index >= 15 is 0 Å². The minimum absolute atomic E-state index is 0.0637. The molecule has 0 bridgehead atoms. The third-order valence-corrected chi connectivity index (χ3v) is 35.4. The Morgan fingerprint density at radius 1 is 0.321 bits per heavy atom. The molecule has 1 saturated carbocycles. The number of pyridine rings is 1. The number of benzene rings is 10. The van der Waals surface area contributed by atoms with Gasteiger partial charge in [-0.3, -0.25) is 36.8 Å². The molecule has 7 unspecified atom stereocenters. The lowest BCUT2D eigenvalue weighted by Gasteiger charge is -2.31. The van der Waals surface area contributed by atoms with E-state index in [-0.39, 0.29) is 41.1 Å². The van der Waals surface area contributed by atoms with Gasteiger partial charge >= 0.3 is 53.2 Å². The third-order valence-electron chi connectivity index (χ3n) is 21.4. The average Bonchev–Trinajstić information content (AvgIpc) is 0.768. The number of fused-ring (bicyclic) bond motifs is 1. The molecule has 0 spiro atoms. The number of para-hydroxylation sites is 2. The zero-order valence-corrected chi connectivity index (χ0v) is 92.7. The quantitative estimate of drug-likeness (QED) is 0.0254. The highest BCUT2D eigenvalue weighted by Gasteiger charge is 2.38. The summed E-state index contributed by atoms with van der Waals surface area (Å²) < 4.78 is 169. The molecular weight excluding hydrogens is 1900 g/mol. The largest absolute Gasteiger partial charge is 0.424 e. The summed E-state index contributed by atoms with van der Waals surface area (Å²) in [5.41, 5.74) is 6.71. The summed E-state index contributed by atoms with van der Waals surface area (Å²) in [6.07, 6.45) is 11.2. The molecule has 1 fully saturated rings. The first-order valence-corrected chi connectivity index (χ1v) is 60.4. The fourth-order valence-electron chi connectivity index (χ4n) is 14.3. The van der Waals surface area contributed by atoms with Crippen molar-refractivity contribution < 1.29 is 95.3 Å². The summed E-state index contributed by atoms with van der Waals surface area (Å²) in [5.74, 6) is 3.23. The standard InChI is InChI=1S/C23H33O3P.C21H29O3P.C17H16NO3P.C15H23O3P.2C12H19O3P.C11H17O3P/c1-8-25-27(24,17-18-13-10-9-11-14-18)26-21-19(22(2,3)4)15-12-16-20(21)23(5,6)7;1-6-23-25(22,15-18-11-8-7-9-12-18)24-21-19(16(2)3)13-10-14-20(21)17(4)5;1-2-20-22(19,16-8-4-3-5-9-16)21-15-10-11-17-14(13-15)7-6-12-18-17;1-3-17-19(16,15-7-5-4-6-8-15)18-14-11-9-13(2)10-12-14;2*1-3-5-11-15-16(13,14-4-2)12-9-7-6-8-10-12;1-3-10-14-15(12,13-4-2)11-8-6-5-7-9-11/h9-16H,8,17H2,1-7H3;7-14,16-17H,6,15H2,1-5H3;3-13H,2H2,1H3;4-8,13-14H,3,9-12H2,1-2H3;2*6-10H,3-5,11H2,1-2H3;5-9H,3-4,10H2,1-2H3. The van der Waals surface area contributed by atoms with E-state index in [0.29, 0.717) is 104 Å². The Morgan fingerprint density at radius 2 is 0.650 bits per heavy atom. The van der Waals surface area contributed by atoms with Crippen LogP contribution < -0.4 is 40.1 Å². The maximum absolute atomic E-state index is 13.7. The van der Waals surface area contributed by atoms with Crippen LogP contribution in [0.3, 0.4) is 0 Å². The molecule has 1 aromatic heterocycles. The van der Waals surface area contributed by atoms with Gasteiger partial charge in [-0.25, -0.2) is 13.7 Å². The van der Waals surface area contributed by atoms with Gasteiger partial charge in [-0.1, -0.05) is 304 Å². The molecule has 1 heterocycles. The van der Waals surface area contributed by atoms with E-state index in [4.69, 9.17) is 63.3 Å². The summed E-state index contributed by atoms with van der Waals surface area (Å²) in [5, 5.41) is 4.02. The Labute approximate surface area is 837 Å². The second-order valence-corrected chi connectivity index (χ2v) is 49.7. The van der Waals surface area contributed by atoms with Crippen molar-refractivity contribution in [2.24, 2.45) is 5.92 Å². The smallest absolute Gasteiger partial charge is 0.410 e. The van der Waals surface area contributed by atoms with E-state index in [1.54, 1.807) is 67.7 Å². The van der Waals surface area contributed by atoms with Crippen molar-refractivity contribution in [2.75, 3.05) is 66.1 Å². The molecule has 0 N–H and O–H groups in total. The molecule has 22 nitrogen and oxygen atoms in total. The lowest BCUT2D eigenvalue weighted by molar-refractivity contribution is 0.111. The fraction of sp³-hybridized carbons (Fsp3) is 0.432. The zero-order chi connectivity index (χ0) is 103. The maximum Gasteiger partial charge on any atom is 0.410 e. The molecule has 29 heteroatoms. The molecule has 0 saturated heterocycles. The van der Waals surface area contributed by atoms with Crippen molar-refractivity contribution in [3.05, 3.63) is 319 Å². The van der Waals surface area contributed by atoms with Gasteiger partial charge in [0.25, 0.3) is 0 Å². The zero-order valence-electron chi connectivity index (χ0n) is 86.4. The fourth-order valence-corrected chi connectivity index (χ4v) is 26.1. The first kappa shape index (κ1) is 121. The van der Waals surface area contributed by atoms with Crippen molar-refractivity contribution in [3.63, 3.8) is 0 Å². The SMILES string of the molecule is CCCCOP(=O)(OCC)c1ccccc1.CCCCOP(=O)(OCC)c1ccccc1.CCCOP(=O)(OCC)c1ccccc1.CCOP(=O)(Cc1ccccc1)Oc1c(C(C)(C)C)cccc1C(C)(C)C.CCOP(=O)(Cc1ccccc1)Oc1c(C(C)C)cccc1C(C)C.CCOP(=O)(OC1CCC(C)CC1)c1ccccc1.CCOP(=O)(Oc1ccc2ncccc2c1)c1ccccc1. The third kappa shape index (κ3) is 40.6. The molecule has 0 radical (unpaired) electrons. The van der Waals surface area contributed by atoms with Crippen LogP contribution in [0.5, 0.6) is 17.2 Å². The molecule has 12 rings (SSSR count). The summed E-state index contributed by atoms with van der Waals surface area (Å²) in [6, 6.07) is 86.5. The molecule has 10 aromatic carbocycles. The lowest BCUT2D eigenvalue weighted by atomic mass is 9.80. The van der Waals surface area contributed by atoms with Crippen LogP contribution in [0, 0.1) is 5.92 Å². The van der Waals surface area contributed by atoms with Crippen molar-refractivity contribution in [1.82, 2.24) is 4.98 Å². The molecule has 0 amide bonds. The van der Waals surface area contributed by atoms with Crippen LogP contribution in [0.15, 0.2) is 285 Å². The van der Waals surface area contributed by atoms with Crippen molar-refractivity contribution in [3.8, 4) is 17.2 Å². The number of unbranched alkanes of at least 4 members (excludes halogenated alkanes) is 2. The van der Waals surface area contributed by atoms with E-state index in [2.05, 4.69) is 113 Å². The van der Waals surface area contributed by atoms with E-state index in [1.165, 1.54) is 0 Å². The van der Waals surface area contributed by atoms with Gasteiger partial charge in [0.2, 0.25) is 0 Å². The van der Waals surface area contributed by atoms with E-state index in [9.17, 15) is 32.0 Å². The van der Waals surface area contributed by atoms with Gasteiger partial charge in [0.1, 0.15) is 17.2 Å². The lowest BCUT2D eigenvalue weighted by Crippen LogP contribution is -2.22. The van der Waals surface area contributed by atoms with Crippen LogP contribution in [0.2, 0.25) is 0 Å². The highest BCUT2D eigenvalue weighted by molar-refractivity contribution is 7.63. The van der Waals surface area contributed by atoms with Gasteiger partial charge in [0.15, 0.2) is 0 Å². The molecular formula is C111H156NO21P7. The Hall–Kier alpha value is -7.82. The second kappa shape index (κ2) is 62.1. The molecule has 0 aliphatic heterocycles. The highest BCUT2D eigenvalue weighted by Crippen LogP contribution is 2.58. The number of hydrogen-bond donors (Lipinski definition) is 0. The molecule has 7 atom stereocenters. The van der Waals surface area contributed by atoms with Crippen molar-refractivity contribution >= 4 is 90.6 Å². The summed E-state index contributed by atoms with van der Waals surface area (Å²) in [7, 11) is -22.5. The summed E-state index contributed by atoms with van der Waals surface area (Å²) in [6.45, 7) is 46.4. The van der Waals surface area contributed by atoms with Gasteiger partial charge in [0, 0.05) is 22.7 Å². The molecule has 766 valence electrons. The van der Waals surface area contributed by atoms with Gasteiger partial charge in [-0.05, 0) is 229 Å². The Bertz CT molecular complexity index is 5550. The first-order chi connectivity index (χ1) is 66.8. The summed E-state index contributed by atoms with van der Waals surface area (Å²) >= 11 is 0. The normalized spacial score (nSPS) is 16.0. The number of hydrogen-bond acceptors (Lipinski definition) is 22. The first-order valence-electron chi connectivity index (χ1n) is 49.2. The van der Waals surface area contributed by atoms with Crippen LogP contribution in [0.1, 0.15) is 248 Å². The Morgan fingerprint density at radius 3 is 1.00 bits per heavy atom. The van der Waals surface area contributed by atoms with Gasteiger partial charge < -0.3 is 49.8 Å². The van der Waals surface area contributed by atoms with Crippen LogP contribution in [-0.2, 0) is 105 Å². The van der Waals surface area contributed by atoms with Crippen molar-refractivity contribution in [1.29, 1.82) is 0 Å². The van der Waals surface area contributed by atoms with Crippen molar-refractivity contribution in [2.45, 2.75) is 244 Å². The monoisotopic (exact) mass is 2060 g/mol. The van der Waals surface area contributed by atoms with Crippen LogP contribution >= 0.6 is 53.2 Å². The minimum atomic E-state index is -3.39. The Balaban J connectivity index is 0.000000253. The van der Waals surface area contributed by atoms with Crippen LogP contribution in [-0.4, -0.2) is 77.2 Å². The topological polar surface area (TPSA) is 262 Å². The number of nitrogens with zero attached hydrogens (tertiary/aromatic N) is 1. The number of rotatable bonds is 44.